The molecular formula is C17H27FN4. The molecule has 2 N–H and O–H groups in total. The van der Waals surface area contributed by atoms with Crippen LogP contribution in [-0.4, -0.2) is 44.6 Å². The third kappa shape index (κ3) is 4.44. The molecule has 22 heavy (non-hydrogen) atoms. The van der Waals surface area contributed by atoms with Crippen LogP contribution in [0.1, 0.15) is 30.5 Å². The Balaban J connectivity index is 1.87. The summed E-state index contributed by atoms with van der Waals surface area (Å²) in [5.74, 6) is 1.27. The number of nitrogens with one attached hydrogen (secondary N) is 2. The lowest BCUT2D eigenvalue weighted by Gasteiger charge is -2.20. The van der Waals surface area contributed by atoms with Crippen LogP contribution in [0.3, 0.4) is 0 Å². The lowest BCUT2D eigenvalue weighted by molar-refractivity contribution is 0.393. The maximum absolute atomic E-state index is 13.7. The van der Waals surface area contributed by atoms with E-state index < -0.39 is 0 Å². The molecule has 4 nitrogen and oxygen atoms in total. The van der Waals surface area contributed by atoms with Gasteiger partial charge in [-0.25, -0.2) is 4.39 Å². The van der Waals surface area contributed by atoms with E-state index in [1.165, 1.54) is 6.42 Å². The molecule has 2 atom stereocenters. The minimum atomic E-state index is -0.164. The molecular weight excluding hydrogens is 279 g/mol. The summed E-state index contributed by atoms with van der Waals surface area (Å²) in [4.78, 5) is 6.61. The van der Waals surface area contributed by atoms with Crippen molar-refractivity contribution in [3.05, 3.63) is 35.1 Å². The third-order valence-corrected chi connectivity index (χ3v) is 4.32. The first-order valence-corrected chi connectivity index (χ1v) is 7.91. The number of aliphatic imine (C=N–C) groups is 1. The second-order valence-corrected chi connectivity index (χ2v) is 6.24. The molecule has 1 aliphatic heterocycles. The zero-order valence-corrected chi connectivity index (χ0v) is 14.0. The smallest absolute Gasteiger partial charge is 0.191 e. The van der Waals surface area contributed by atoms with Crippen molar-refractivity contribution in [3.63, 3.8) is 0 Å². The van der Waals surface area contributed by atoms with Crippen LogP contribution in [-0.2, 0) is 0 Å². The molecule has 1 fully saturated rings. The van der Waals surface area contributed by atoms with Crippen LogP contribution in [0.2, 0.25) is 0 Å². The van der Waals surface area contributed by atoms with Gasteiger partial charge >= 0.3 is 0 Å². The lowest BCUT2D eigenvalue weighted by atomic mass is 10.1. The highest BCUT2D eigenvalue weighted by Gasteiger charge is 2.19. The van der Waals surface area contributed by atoms with E-state index in [0.29, 0.717) is 11.5 Å². The van der Waals surface area contributed by atoms with Gasteiger partial charge in [-0.15, -0.1) is 0 Å². The van der Waals surface area contributed by atoms with E-state index in [1.54, 1.807) is 20.0 Å². The molecule has 1 heterocycles. The van der Waals surface area contributed by atoms with Crippen LogP contribution in [0.4, 0.5) is 4.39 Å². The molecule has 0 aliphatic carbocycles. The Hall–Kier alpha value is -1.62. The molecule has 0 saturated carbocycles. The molecule has 1 aromatic carbocycles. The summed E-state index contributed by atoms with van der Waals surface area (Å²) >= 11 is 0. The van der Waals surface area contributed by atoms with Crippen molar-refractivity contribution in [2.45, 2.75) is 26.3 Å². The van der Waals surface area contributed by atoms with Gasteiger partial charge in [-0.3, -0.25) is 4.99 Å². The Morgan fingerprint density at radius 3 is 2.86 bits per heavy atom. The summed E-state index contributed by atoms with van der Waals surface area (Å²) in [6.07, 6.45) is 1.22. The van der Waals surface area contributed by atoms with Crippen molar-refractivity contribution in [1.82, 2.24) is 15.5 Å². The minimum Gasteiger partial charge on any atom is -0.356 e. The topological polar surface area (TPSA) is 39.7 Å². The van der Waals surface area contributed by atoms with Gasteiger partial charge in [0, 0.05) is 20.1 Å². The molecule has 2 unspecified atom stereocenters. The average molecular weight is 306 g/mol. The highest BCUT2D eigenvalue weighted by Crippen LogP contribution is 2.16. The number of guanidine groups is 1. The van der Waals surface area contributed by atoms with E-state index in [4.69, 9.17) is 0 Å². The SMILES string of the molecule is CN=C(NCC1CCN(C)C1)NC(C)c1ccc(C)c(F)c1. The Morgan fingerprint density at radius 2 is 2.27 bits per heavy atom. The van der Waals surface area contributed by atoms with Crippen LogP contribution in [0.15, 0.2) is 23.2 Å². The Morgan fingerprint density at radius 1 is 1.50 bits per heavy atom. The zero-order valence-electron chi connectivity index (χ0n) is 14.0. The fourth-order valence-corrected chi connectivity index (χ4v) is 2.80. The Kier molecular flexibility index (Phi) is 5.77. The van der Waals surface area contributed by atoms with Crippen LogP contribution in [0, 0.1) is 18.7 Å². The van der Waals surface area contributed by atoms with Gasteiger partial charge < -0.3 is 15.5 Å². The quantitative estimate of drug-likeness (QED) is 0.662. The van der Waals surface area contributed by atoms with Gasteiger partial charge in [0.1, 0.15) is 5.82 Å². The Labute approximate surface area is 132 Å². The molecule has 0 spiro atoms. The molecule has 1 aliphatic rings. The lowest BCUT2D eigenvalue weighted by Crippen LogP contribution is -2.41. The van der Waals surface area contributed by atoms with E-state index in [2.05, 4.69) is 27.6 Å². The van der Waals surface area contributed by atoms with Gasteiger partial charge in [-0.2, -0.15) is 0 Å². The molecule has 5 heteroatoms. The number of likely N-dealkylation sites (tertiary alicyclic amines) is 1. The molecule has 0 radical (unpaired) electrons. The fraction of sp³-hybridized carbons (Fsp3) is 0.588. The van der Waals surface area contributed by atoms with Crippen molar-refractivity contribution < 1.29 is 4.39 Å². The first-order valence-electron chi connectivity index (χ1n) is 7.91. The van der Waals surface area contributed by atoms with Crippen molar-refractivity contribution in [3.8, 4) is 0 Å². The van der Waals surface area contributed by atoms with Crippen molar-refractivity contribution >= 4 is 5.96 Å². The predicted molar refractivity (Wildman–Crippen MR) is 89.7 cm³/mol. The Bertz CT molecular complexity index is 529. The number of halogens is 1. The van der Waals surface area contributed by atoms with E-state index in [1.807, 2.05) is 19.1 Å². The molecule has 0 bridgehead atoms. The number of benzene rings is 1. The predicted octanol–water partition coefficient (Wildman–Crippen LogP) is 2.31. The van der Waals surface area contributed by atoms with Crippen LogP contribution in [0.5, 0.6) is 0 Å². The molecule has 122 valence electrons. The van der Waals surface area contributed by atoms with Gasteiger partial charge in [0.2, 0.25) is 0 Å². The molecule has 2 rings (SSSR count). The van der Waals surface area contributed by atoms with Gasteiger partial charge in [0.25, 0.3) is 0 Å². The second-order valence-electron chi connectivity index (χ2n) is 6.24. The standard InChI is InChI=1S/C17H27FN4/c1-12-5-6-15(9-16(12)18)13(2)21-17(19-3)20-10-14-7-8-22(4)11-14/h5-6,9,13-14H,7-8,10-11H2,1-4H3,(H2,19,20,21). The molecule has 1 saturated heterocycles. The third-order valence-electron chi connectivity index (χ3n) is 4.32. The van der Waals surface area contributed by atoms with Crippen LogP contribution >= 0.6 is 0 Å². The van der Waals surface area contributed by atoms with Crippen molar-refractivity contribution in [2.24, 2.45) is 10.9 Å². The number of hydrogen-bond donors (Lipinski definition) is 2. The monoisotopic (exact) mass is 306 g/mol. The van der Waals surface area contributed by atoms with Crippen LogP contribution in [0.25, 0.3) is 0 Å². The fourth-order valence-electron chi connectivity index (χ4n) is 2.80. The summed E-state index contributed by atoms with van der Waals surface area (Å²) in [6.45, 7) is 7.00. The highest BCUT2D eigenvalue weighted by molar-refractivity contribution is 5.80. The van der Waals surface area contributed by atoms with Gasteiger partial charge in [0.15, 0.2) is 5.96 Å². The second kappa shape index (κ2) is 7.58. The number of aryl methyl sites for hydroxylation is 1. The molecule has 1 aromatic rings. The summed E-state index contributed by atoms with van der Waals surface area (Å²) in [7, 11) is 3.92. The molecule has 0 aromatic heterocycles. The van der Waals surface area contributed by atoms with Gasteiger partial charge in [-0.1, -0.05) is 12.1 Å². The van der Waals surface area contributed by atoms with E-state index >= 15 is 0 Å². The summed E-state index contributed by atoms with van der Waals surface area (Å²) in [5, 5.41) is 6.70. The maximum atomic E-state index is 13.7. The van der Waals surface area contributed by atoms with Crippen LogP contribution < -0.4 is 10.6 Å². The number of nitrogens with zero attached hydrogens (tertiary/aromatic N) is 2. The maximum Gasteiger partial charge on any atom is 0.191 e. The van der Waals surface area contributed by atoms with Crippen molar-refractivity contribution in [2.75, 3.05) is 33.7 Å². The van der Waals surface area contributed by atoms with Gasteiger partial charge in [0.05, 0.1) is 6.04 Å². The summed E-state index contributed by atoms with van der Waals surface area (Å²) < 4.78 is 13.7. The first-order chi connectivity index (χ1) is 10.5. The summed E-state index contributed by atoms with van der Waals surface area (Å²) in [5.41, 5.74) is 1.59. The largest absolute Gasteiger partial charge is 0.356 e. The average Bonchev–Trinajstić information content (AvgIpc) is 2.91. The number of hydrogen-bond acceptors (Lipinski definition) is 2. The first kappa shape index (κ1) is 16.7. The van der Waals surface area contributed by atoms with Gasteiger partial charge in [-0.05, 0) is 57.0 Å². The minimum absolute atomic E-state index is 0.00699. The van der Waals surface area contributed by atoms with Crippen molar-refractivity contribution in [1.29, 1.82) is 0 Å². The van der Waals surface area contributed by atoms with E-state index in [0.717, 1.165) is 31.2 Å². The number of rotatable bonds is 4. The molecule has 0 amide bonds. The summed E-state index contributed by atoms with van der Waals surface area (Å²) in [6, 6.07) is 5.36. The van der Waals surface area contributed by atoms with E-state index in [-0.39, 0.29) is 11.9 Å². The van der Waals surface area contributed by atoms with E-state index in [9.17, 15) is 4.39 Å². The normalized spacial score (nSPS) is 21.0. The zero-order chi connectivity index (χ0) is 16.1. The highest BCUT2D eigenvalue weighted by atomic mass is 19.1.